The molecule has 2 N–H and O–H groups in total. The molecule has 22 heavy (non-hydrogen) atoms. The first-order valence-corrected chi connectivity index (χ1v) is 6.63. The minimum atomic E-state index is -0.679. The molecule has 2 rings (SSSR count). The zero-order valence-electron chi connectivity index (χ0n) is 13.0. The van der Waals surface area contributed by atoms with Gasteiger partial charge in [-0.15, -0.1) is 6.07 Å². The summed E-state index contributed by atoms with van der Waals surface area (Å²) < 4.78 is 0. The molecule has 117 valence electrons. The van der Waals surface area contributed by atoms with Gasteiger partial charge in [0.2, 0.25) is 17.7 Å². The molecule has 0 aliphatic carbocycles. The Kier molecular flexibility index (Phi) is 10.0. The molecule has 7 heteroatoms. The van der Waals surface area contributed by atoms with Gasteiger partial charge >= 0.3 is 0 Å². The fraction of sp³-hybridized carbons (Fsp3) is 0.400. The number of hydrogen-bond donors (Lipinski definition) is 2. The molecule has 1 aliphatic heterocycles. The Morgan fingerprint density at radius 1 is 1.41 bits per heavy atom. The molecule has 1 fully saturated rings. The van der Waals surface area contributed by atoms with Crippen LogP contribution in [0.4, 0.5) is 0 Å². The minimum absolute atomic E-state index is 0. The van der Waals surface area contributed by atoms with Gasteiger partial charge in [0.25, 0.3) is 0 Å². The number of rotatable bonds is 2. The number of piperidine rings is 1. The van der Waals surface area contributed by atoms with Crippen molar-refractivity contribution in [3.8, 4) is 0 Å². The molecule has 1 atom stereocenters. The summed E-state index contributed by atoms with van der Waals surface area (Å²) in [5.41, 5.74) is 0.192. The van der Waals surface area contributed by atoms with E-state index in [9.17, 15) is 14.4 Å². The largest absolute Gasteiger partial charge is 0.378 e. The molecule has 1 radical (unpaired) electrons. The Balaban J connectivity index is 0.000000791. The van der Waals surface area contributed by atoms with E-state index in [4.69, 9.17) is 0 Å². The molecule has 0 spiro atoms. The SMILES string of the molecule is C[C-](C)C.O=C1CCC(NC(=O)c2c[c-]ccn2)C(=O)N1.[Y]. The van der Waals surface area contributed by atoms with Crippen molar-refractivity contribution in [3.05, 3.63) is 36.0 Å². The summed E-state index contributed by atoms with van der Waals surface area (Å²) in [6.45, 7) is 6.25. The number of amides is 3. The second-order valence-corrected chi connectivity index (χ2v) is 5.12. The van der Waals surface area contributed by atoms with Crippen molar-refractivity contribution in [1.82, 2.24) is 15.6 Å². The van der Waals surface area contributed by atoms with E-state index < -0.39 is 17.9 Å². The number of nitrogens with one attached hydrogen (secondary N) is 2. The van der Waals surface area contributed by atoms with E-state index in [1.165, 1.54) is 18.2 Å². The molecule has 0 bridgehead atoms. The average Bonchev–Trinajstić information content (AvgIpc) is 2.42. The zero-order valence-corrected chi connectivity index (χ0v) is 15.8. The maximum atomic E-state index is 11.7. The van der Waals surface area contributed by atoms with Crippen LogP contribution in [-0.4, -0.2) is 28.7 Å². The molecule has 1 aromatic rings. The Morgan fingerprint density at radius 2 is 2.05 bits per heavy atom. The molecule has 1 saturated heterocycles. The van der Waals surface area contributed by atoms with Crippen molar-refractivity contribution in [2.45, 2.75) is 39.7 Å². The first-order valence-electron chi connectivity index (χ1n) is 6.63. The van der Waals surface area contributed by atoms with E-state index in [1.54, 1.807) is 6.07 Å². The number of nitrogens with zero attached hydrogens (tertiary/aromatic N) is 1. The van der Waals surface area contributed by atoms with Gasteiger partial charge in [-0.3, -0.25) is 19.7 Å². The number of imide groups is 1. The number of carbonyl (C=O) groups excluding carboxylic acids is 3. The van der Waals surface area contributed by atoms with E-state index in [1.807, 2.05) is 0 Å². The van der Waals surface area contributed by atoms with Crippen molar-refractivity contribution in [3.63, 3.8) is 0 Å². The number of aromatic nitrogens is 1. The smallest absolute Gasteiger partial charge is 0.249 e. The van der Waals surface area contributed by atoms with Crippen LogP contribution in [0, 0.1) is 12.0 Å². The fourth-order valence-corrected chi connectivity index (χ4v) is 1.51. The van der Waals surface area contributed by atoms with Crippen molar-refractivity contribution >= 4 is 17.7 Å². The summed E-state index contributed by atoms with van der Waals surface area (Å²) >= 11 is 0. The van der Waals surface area contributed by atoms with E-state index in [-0.39, 0.29) is 50.7 Å². The van der Waals surface area contributed by atoms with Crippen LogP contribution in [0.5, 0.6) is 0 Å². The van der Waals surface area contributed by atoms with E-state index in [0.29, 0.717) is 6.42 Å². The van der Waals surface area contributed by atoms with E-state index >= 15 is 0 Å². The molecule has 1 aliphatic rings. The van der Waals surface area contributed by atoms with Crippen LogP contribution >= 0.6 is 0 Å². The number of carbonyl (C=O) groups is 3. The van der Waals surface area contributed by atoms with Gasteiger partial charge in [0.1, 0.15) is 6.04 Å². The van der Waals surface area contributed by atoms with Crippen LogP contribution in [0.25, 0.3) is 0 Å². The molecule has 6 nitrogen and oxygen atoms in total. The Bertz CT molecular complexity index is 503. The number of hydrogen-bond acceptors (Lipinski definition) is 4. The van der Waals surface area contributed by atoms with Gasteiger partial charge in [-0.2, -0.15) is 32.9 Å². The molecular formula is C15H19N3O3Y-2. The molecule has 2 heterocycles. The standard InChI is InChI=1S/C11H10N3O3.C4H9.Y/c15-9-5-4-8(11(17)14-9)13-10(16)7-3-1-2-6-12-7;1-4(2)3;/h2-3,6,8H,4-5H2,(H,13,16)(H,14,15,17);1-3H3;/q2*-1;. The van der Waals surface area contributed by atoms with Crippen LogP contribution in [0.2, 0.25) is 0 Å². The van der Waals surface area contributed by atoms with Crippen LogP contribution in [-0.2, 0) is 42.3 Å². The van der Waals surface area contributed by atoms with Gasteiger partial charge in [-0.05, 0) is 6.42 Å². The van der Waals surface area contributed by atoms with Crippen molar-refractivity contribution in [2.75, 3.05) is 0 Å². The molecular weight excluding hydrogens is 359 g/mol. The predicted molar refractivity (Wildman–Crippen MR) is 77.0 cm³/mol. The van der Waals surface area contributed by atoms with Gasteiger partial charge in [0.05, 0.1) is 0 Å². The third kappa shape index (κ3) is 7.75. The maximum absolute atomic E-state index is 11.7. The van der Waals surface area contributed by atoms with E-state index in [0.717, 1.165) is 0 Å². The van der Waals surface area contributed by atoms with E-state index in [2.05, 4.69) is 42.5 Å². The number of pyridine rings is 1. The second kappa shape index (κ2) is 10.6. The van der Waals surface area contributed by atoms with Gasteiger partial charge in [-0.25, -0.2) is 0 Å². The topological polar surface area (TPSA) is 88.2 Å². The molecule has 1 unspecified atom stereocenters. The molecule has 0 saturated carbocycles. The van der Waals surface area contributed by atoms with Crippen LogP contribution in [0.3, 0.4) is 0 Å². The molecule has 1 aromatic heterocycles. The fourth-order valence-electron chi connectivity index (χ4n) is 1.51. The second-order valence-electron chi connectivity index (χ2n) is 5.12. The van der Waals surface area contributed by atoms with Crippen molar-refractivity contribution in [1.29, 1.82) is 0 Å². The molecule has 3 amide bonds. The molecule has 0 aromatic carbocycles. The van der Waals surface area contributed by atoms with Crippen LogP contribution < -0.4 is 10.6 Å². The maximum Gasteiger partial charge on any atom is 0.249 e. The quantitative estimate of drug-likeness (QED) is 0.595. The monoisotopic (exact) mass is 378 g/mol. The minimum Gasteiger partial charge on any atom is -0.378 e. The van der Waals surface area contributed by atoms with Crippen molar-refractivity contribution < 1.29 is 47.1 Å². The predicted octanol–water partition coefficient (Wildman–Crippen LogP) is 1.03. The van der Waals surface area contributed by atoms with Gasteiger partial charge in [0.15, 0.2) is 0 Å². The summed E-state index contributed by atoms with van der Waals surface area (Å²) in [5, 5.41) is 4.69. The summed E-state index contributed by atoms with van der Waals surface area (Å²) in [6.07, 6.45) is 1.98. The third-order valence-electron chi connectivity index (χ3n) is 2.38. The first-order chi connectivity index (χ1) is 9.90. The Hall–Kier alpha value is -1.14. The van der Waals surface area contributed by atoms with Crippen LogP contribution in [0.15, 0.2) is 18.3 Å². The normalized spacial score (nSPS) is 16.8. The third-order valence-corrected chi connectivity index (χ3v) is 2.38. The summed E-state index contributed by atoms with van der Waals surface area (Å²) in [5.74, 6) is 0.178. The first kappa shape index (κ1) is 20.9. The summed E-state index contributed by atoms with van der Waals surface area (Å²) in [7, 11) is 0. The van der Waals surface area contributed by atoms with Gasteiger partial charge < -0.3 is 16.2 Å². The Labute approximate surface area is 155 Å². The average molecular weight is 378 g/mol. The van der Waals surface area contributed by atoms with Gasteiger partial charge in [-0.1, -0.05) is 6.20 Å². The summed E-state index contributed by atoms with van der Waals surface area (Å²) in [6, 6.07) is 5.04. The van der Waals surface area contributed by atoms with Crippen LogP contribution in [0.1, 0.15) is 44.1 Å². The van der Waals surface area contributed by atoms with Gasteiger partial charge in [0, 0.05) is 44.8 Å². The summed E-state index contributed by atoms with van der Waals surface area (Å²) in [4.78, 5) is 37.8. The zero-order chi connectivity index (χ0) is 15.8. The Morgan fingerprint density at radius 3 is 2.55 bits per heavy atom. The van der Waals surface area contributed by atoms with Crippen molar-refractivity contribution in [2.24, 2.45) is 0 Å².